The average Bonchev–Trinajstić information content (AvgIpc) is 2.76. The SMILES string of the molecule is CCOc1cc(/C=N/N2C(=O)CSC2=S)cc(Br)c1OC. The van der Waals surface area contributed by atoms with Gasteiger partial charge in [-0.1, -0.05) is 24.0 Å². The summed E-state index contributed by atoms with van der Waals surface area (Å²) in [6.45, 7) is 2.42. The standard InChI is InChI=1S/C13H13BrN2O3S2/c1-3-19-10-5-8(4-9(14)12(10)18-2)6-15-16-11(17)7-21-13(16)20/h4-6H,3,7H2,1-2H3/b15-6+. The Hall–Kier alpha value is -1.12. The van der Waals surface area contributed by atoms with Crippen LogP contribution in [-0.2, 0) is 4.79 Å². The molecule has 112 valence electrons. The van der Waals surface area contributed by atoms with Crippen LogP contribution in [0.25, 0.3) is 0 Å². The van der Waals surface area contributed by atoms with Gasteiger partial charge in [0.25, 0.3) is 5.91 Å². The van der Waals surface area contributed by atoms with E-state index in [1.54, 1.807) is 19.4 Å². The molecule has 21 heavy (non-hydrogen) atoms. The van der Waals surface area contributed by atoms with Gasteiger partial charge in [-0.05, 0) is 40.5 Å². The third kappa shape index (κ3) is 3.75. The van der Waals surface area contributed by atoms with E-state index in [-0.39, 0.29) is 5.91 Å². The lowest BCUT2D eigenvalue weighted by Gasteiger charge is -2.12. The Bertz CT molecular complexity index is 591. The van der Waals surface area contributed by atoms with Crippen molar-refractivity contribution in [1.29, 1.82) is 0 Å². The zero-order valence-corrected chi connectivity index (χ0v) is 14.7. The summed E-state index contributed by atoms with van der Waals surface area (Å²) < 4.78 is 12.0. The summed E-state index contributed by atoms with van der Waals surface area (Å²) in [5, 5.41) is 5.37. The monoisotopic (exact) mass is 388 g/mol. The van der Waals surface area contributed by atoms with E-state index in [0.29, 0.717) is 28.2 Å². The van der Waals surface area contributed by atoms with Gasteiger partial charge in [0.05, 0.1) is 30.2 Å². The van der Waals surface area contributed by atoms with Crippen LogP contribution in [0.1, 0.15) is 12.5 Å². The molecule has 1 fully saturated rings. The predicted octanol–water partition coefficient (Wildman–Crippen LogP) is 3.05. The molecule has 0 unspecified atom stereocenters. The maximum Gasteiger partial charge on any atom is 0.259 e. The van der Waals surface area contributed by atoms with E-state index in [1.807, 2.05) is 13.0 Å². The minimum Gasteiger partial charge on any atom is -0.492 e. The highest BCUT2D eigenvalue weighted by atomic mass is 79.9. The Labute approximate surface area is 140 Å². The van der Waals surface area contributed by atoms with Gasteiger partial charge in [-0.15, -0.1) is 0 Å². The van der Waals surface area contributed by atoms with Gasteiger partial charge in [0.2, 0.25) is 0 Å². The number of amides is 1. The van der Waals surface area contributed by atoms with Crippen LogP contribution in [0, 0.1) is 0 Å². The molecular weight excluding hydrogens is 376 g/mol. The maximum absolute atomic E-state index is 11.6. The summed E-state index contributed by atoms with van der Waals surface area (Å²) in [6.07, 6.45) is 1.57. The number of carbonyl (C=O) groups excluding carboxylic acids is 1. The van der Waals surface area contributed by atoms with Crippen LogP contribution in [0.3, 0.4) is 0 Å². The van der Waals surface area contributed by atoms with Gasteiger partial charge in [0, 0.05) is 0 Å². The van der Waals surface area contributed by atoms with E-state index >= 15 is 0 Å². The molecule has 0 radical (unpaired) electrons. The van der Waals surface area contributed by atoms with E-state index in [0.717, 1.165) is 10.0 Å². The second-order valence-electron chi connectivity index (χ2n) is 3.97. The third-order valence-electron chi connectivity index (χ3n) is 2.59. The second-order valence-corrected chi connectivity index (χ2v) is 6.44. The number of halogens is 1. The molecule has 0 bridgehead atoms. The molecule has 1 aromatic rings. The second kappa shape index (κ2) is 7.24. The summed E-state index contributed by atoms with van der Waals surface area (Å²) in [7, 11) is 1.58. The first-order valence-corrected chi connectivity index (χ1v) is 8.29. The molecule has 0 saturated carbocycles. The van der Waals surface area contributed by atoms with Gasteiger partial charge >= 0.3 is 0 Å². The van der Waals surface area contributed by atoms with Crippen LogP contribution in [-0.4, -0.2) is 40.9 Å². The summed E-state index contributed by atoms with van der Waals surface area (Å²) in [5.74, 6) is 1.46. The minimum atomic E-state index is -0.112. The molecule has 0 N–H and O–H groups in total. The summed E-state index contributed by atoms with van der Waals surface area (Å²) in [6, 6.07) is 3.63. The number of methoxy groups -OCH3 is 1. The number of hydrogen-bond donors (Lipinski definition) is 0. The number of hydrazone groups is 1. The summed E-state index contributed by atoms with van der Waals surface area (Å²) in [4.78, 5) is 11.6. The number of ether oxygens (including phenoxy) is 2. The van der Waals surface area contributed by atoms with Crippen molar-refractivity contribution in [2.24, 2.45) is 5.10 Å². The van der Waals surface area contributed by atoms with Crippen molar-refractivity contribution in [2.75, 3.05) is 19.5 Å². The molecule has 2 rings (SSSR count). The van der Waals surface area contributed by atoms with Gasteiger partial charge in [-0.2, -0.15) is 10.1 Å². The highest BCUT2D eigenvalue weighted by Gasteiger charge is 2.26. The summed E-state index contributed by atoms with van der Waals surface area (Å²) in [5.41, 5.74) is 0.777. The minimum absolute atomic E-state index is 0.112. The van der Waals surface area contributed by atoms with E-state index < -0.39 is 0 Å². The molecule has 1 amide bonds. The molecule has 0 aliphatic carbocycles. The molecule has 1 saturated heterocycles. The highest BCUT2D eigenvalue weighted by Crippen LogP contribution is 2.36. The van der Waals surface area contributed by atoms with Gasteiger partial charge in [0.15, 0.2) is 15.8 Å². The van der Waals surface area contributed by atoms with Crippen molar-refractivity contribution < 1.29 is 14.3 Å². The largest absolute Gasteiger partial charge is 0.492 e. The lowest BCUT2D eigenvalue weighted by Crippen LogP contribution is -2.22. The van der Waals surface area contributed by atoms with E-state index in [1.165, 1.54) is 16.8 Å². The molecule has 0 spiro atoms. The first-order valence-electron chi connectivity index (χ1n) is 6.10. The Morgan fingerprint density at radius 2 is 2.33 bits per heavy atom. The van der Waals surface area contributed by atoms with E-state index in [9.17, 15) is 4.79 Å². The zero-order valence-electron chi connectivity index (χ0n) is 11.5. The third-order valence-corrected chi connectivity index (χ3v) is 4.51. The lowest BCUT2D eigenvalue weighted by atomic mass is 10.2. The molecule has 5 nitrogen and oxygen atoms in total. The van der Waals surface area contributed by atoms with Crippen molar-refractivity contribution in [1.82, 2.24) is 5.01 Å². The van der Waals surface area contributed by atoms with Crippen molar-refractivity contribution in [2.45, 2.75) is 6.92 Å². The number of carbonyl (C=O) groups is 1. The van der Waals surface area contributed by atoms with Gasteiger partial charge in [0.1, 0.15) is 0 Å². The predicted molar refractivity (Wildman–Crippen MR) is 91.4 cm³/mol. The van der Waals surface area contributed by atoms with Crippen LogP contribution < -0.4 is 9.47 Å². The number of thioether (sulfide) groups is 1. The van der Waals surface area contributed by atoms with Crippen molar-refractivity contribution in [3.8, 4) is 11.5 Å². The molecule has 1 aliphatic heterocycles. The molecule has 1 heterocycles. The fourth-order valence-corrected chi connectivity index (χ4v) is 3.29. The molecule has 8 heteroatoms. The van der Waals surface area contributed by atoms with Crippen LogP contribution in [0.2, 0.25) is 0 Å². The first kappa shape index (κ1) is 16.3. The Morgan fingerprint density at radius 3 is 2.90 bits per heavy atom. The number of hydrogen-bond acceptors (Lipinski definition) is 6. The first-order chi connectivity index (χ1) is 10.1. The molecule has 0 atom stereocenters. The summed E-state index contributed by atoms with van der Waals surface area (Å²) >= 11 is 9.80. The molecule has 0 aromatic heterocycles. The highest BCUT2D eigenvalue weighted by molar-refractivity contribution is 9.10. The van der Waals surface area contributed by atoms with E-state index in [2.05, 4.69) is 21.0 Å². The van der Waals surface area contributed by atoms with E-state index in [4.69, 9.17) is 21.7 Å². The topological polar surface area (TPSA) is 51.1 Å². The van der Waals surface area contributed by atoms with Gasteiger partial charge in [-0.25, -0.2) is 0 Å². The number of benzene rings is 1. The molecular formula is C13H13BrN2O3S2. The smallest absolute Gasteiger partial charge is 0.259 e. The normalized spacial score (nSPS) is 15.1. The van der Waals surface area contributed by atoms with Crippen molar-refractivity contribution in [3.63, 3.8) is 0 Å². The lowest BCUT2D eigenvalue weighted by molar-refractivity contribution is -0.123. The number of thiocarbonyl (C=S) groups is 1. The maximum atomic E-state index is 11.6. The zero-order chi connectivity index (χ0) is 15.4. The van der Waals surface area contributed by atoms with Crippen molar-refractivity contribution >= 4 is 56.4 Å². The number of nitrogens with zero attached hydrogens (tertiary/aromatic N) is 2. The van der Waals surface area contributed by atoms with Crippen LogP contribution >= 0.6 is 39.9 Å². The number of rotatable bonds is 5. The van der Waals surface area contributed by atoms with Crippen LogP contribution in [0.15, 0.2) is 21.7 Å². The average molecular weight is 389 g/mol. The molecule has 1 aromatic carbocycles. The quantitative estimate of drug-likeness (QED) is 0.572. The Balaban J connectivity index is 2.28. The van der Waals surface area contributed by atoms with Crippen LogP contribution in [0.4, 0.5) is 0 Å². The van der Waals surface area contributed by atoms with Gasteiger partial charge in [-0.3, -0.25) is 4.79 Å². The fourth-order valence-electron chi connectivity index (χ4n) is 1.71. The van der Waals surface area contributed by atoms with Crippen molar-refractivity contribution in [3.05, 3.63) is 22.2 Å². The Kier molecular flexibility index (Phi) is 5.60. The van der Waals surface area contributed by atoms with Crippen LogP contribution in [0.5, 0.6) is 11.5 Å². The molecule has 1 aliphatic rings. The Morgan fingerprint density at radius 1 is 1.57 bits per heavy atom. The van der Waals surface area contributed by atoms with Gasteiger partial charge < -0.3 is 9.47 Å². The fraction of sp³-hybridized carbons (Fsp3) is 0.308.